The number of fused-ring (bicyclic) bond motifs is 6. The molecule has 4 aromatic carbocycles. The third-order valence-corrected chi connectivity index (χ3v) is 10.9. The molecule has 0 saturated heterocycles. The normalized spacial score (nSPS) is 15.5. The minimum absolute atomic E-state index is 0. The first-order valence-corrected chi connectivity index (χ1v) is 17.5. The number of aryl methyl sites for hydroxylation is 6. The number of carbonyl (C=O) groups excluding carboxylic acids is 2. The van der Waals surface area contributed by atoms with E-state index in [1.165, 1.54) is 55.6 Å². The molecule has 6 rings (SSSR count). The maximum absolute atomic E-state index is 12.5. The van der Waals surface area contributed by atoms with Crippen LogP contribution in [-0.2, 0) is 55.1 Å². The molecule has 4 aromatic rings. The summed E-state index contributed by atoms with van der Waals surface area (Å²) in [5.41, 5.74) is 17.9. The first-order chi connectivity index (χ1) is 23.8. The molecule has 51 heavy (non-hydrogen) atoms. The smallest absolute Gasteiger partial charge is 0.190 e. The van der Waals surface area contributed by atoms with Crippen LogP contribution in [-0.4, -0.2) is 12.3 Å². The van der Waals surface area contributed by atoms with E-state index in [4.69, 9.17) is 0 Å². The van der Waals surface area contributed by atoms with Gasteiger partial charge in [0.05, 0.1) is 6.04 Å². The Morgan fingerprint density at radius 1 is 0.667 bits per heavy atom. The van der Waals surface area contributed by atoms with Crippen molar-refractivity contribution in [3.05, 3.63) is 143 Å². The van der Waals surface area contributed by atoms with Crippen LogP contribution in [0.3, 0.4) is 0 Å². The van der Waals surface area contributed by atoms with Gasteiger partial charge in [0, 0.05) is 38.8 Å². The van der Waals surface area contributed by atoms with E-state index in [0.717, 1.165) is 47.9 Å². The zero-order valence-corrected chi connectivity index (χ0v) is 34.1. The monoisotopic (exact) mass is 757 g/mol. The number of benzene rings is 2. The Morgan fingerprint density at radius 3 is 1.53 bits per heavy atom. The van der Waals surface area contributed by atoms with Gasteiger partial charge in [-0.25, -0.2) is 0 Å². The first-order valence-electron chi connectivity index (χ1n) is 17.5. The van der Waals surface area contributed by atoms with Crippen molar-refractivity contribution in [1.29, 1.82) is 0 Å². The summed E-state index contributed by atoms with van der Waals surface area (Å²) in [5, 5.41) is 5.85. The molecule has 2 N–H and O–H groups in total. The van der Waals surface area contributed by atoms with E-state index in [9.17, 15) is 19.2 Å². The maximum Gasteiger partial charge on any atom is 0.190 e. The summed E-state index contributed by atoms with van der Waals surface area (Å²) in [6.07, 6.45) is 5.27. The molecule has 1 unspecified atom stereocenters. The molecule has 0 spiro atoms. The van der Waals surface area contributed by atoms with Crippen molar-refractivity contribution in [3.63, 3.8) is 0 Å². The molecule has 7 heteroatoms. The van der Waals surface area contributed by atoms with Crippen molar-refractivity contribution in [2.24, 2.45) is 0 Å². The Balaban J connectivity index is 0.000000225. The Morgan fingerprint density at radius 2 is 1.10 bits per heavy atom. The van der Waals surface area contributed by atoms with Gasteiger partial charge in [0.2, 0.25) is 0 Å². The van der Waals surface area contributed by atoms with E-state index in [-0.39, 0.29) is 68.0 Å². The molecule has 0 bridgehead atoms. The van der Waals surface area contributed by atoms with Crippen molar-refractivity contribution in [3.8, 4) is 22.3 Å². The molecule has 263 valence electrons. The predicted octanol–water partition coefficient (Wildman–Crippen LogP) is 7.86. The Kier molecular flexibility index (Phi) is 13.1. The minimum atomic E-state index is -0.190. The Labute approximate surface area is 327 Å². The van der Waals surface area contributed by atoms with Crippen molar-refractivity contribution in [2.45, 2.75) is 99.6 Å². The van der Waals surface area contributed by atoms with Gasteiger partial charge in [-0.2, -0.15) is 6.41 Å². The van der Waals surface area contributed by atoms with Crippen LogP contribution in [0.25, 0.3) is 22.3 Å². The fraction of sp³-hybridized carbons (Fsp3) is 0.341. The second-order valence-corrected chi connectivity index (χ2v) is 14.0. The van der Waals surface area contributed by atoms with E-state index in [1.807, 2.05) is 44.5 Å². The fourth-order valence-electron chi connectivity index (χ4n) is 7.50. The van der Waals surface area contributed by atoms with Gasteiger partial charge in [-0.05, 0) is 182 Å². The molecule has 0 fully saturated rings. The van der Waals surface area contributed by atoms with Gasteiger partial charge in [-0.15, -0.1) is 6.42 Å². The van der Waals surface area contributed by atoms with Gasteiger partial charge in [0.15, 0.2) is 16.8 Å². The Bertz CT molecular complexity index is 2140. The molecule has 2 aliphatic carbocycles. The molecule has 2 aliphatic rings. The van der Waals surface area contributed by atoms with Crippen molar-refractivity contribution < 1.29 is 42.3 Å². The number of amides is 2. The molecule has 6 nitrogen and oxygen atoms in total. The first kappa shape index (κ1) is 40.0. The minimum Gasteiger partial charge on any atom is -0.524 e. The molecule has 0 aromatic heterocycles. The fourth-order valence-corrected chi connectivity index (χ4v) is 7.50. The number of carbonyl (C=O) groups is 1. The summed E-state index contributed by atoms with van der Waals surface area (Å²) in [5.74, 6) is -0.0910. The summed E-state index contributed by atoms with van der Waals surface area (Å²) in [6.45, 7) is 20.2. The van der Waals surface area contributed by atoms with Gasteiger partial charge in [-0.1, -0.05) is 36.4 Å². The van der Waals surface area contributed by atoms with Gasteiger partial charge >= 0.3 is 0 Å². The van der Waals surface area contributed by atoms with Crippen LogP contribution in [0.2, 0.25) is 0 Å². The molecule has 0 heterocycles. The number of rotatable bonds is 4. The molecule has 2 atom stereocenters. The van der Waals surface area contributed by atoms with Crippen LogP contribution in [0.4, 0.5) is 0 Å². The summed E-state index contributed by atoms with van der Waals surface area (Å²) < 4.78 is 0. The van der Waals surface area contributed by atoms with Gasteiger partial charge in [-0.3, -0.25) is 14.4 Å². The van der Waals surface area contributed by atoms with Crippen LogP contribution in [0, 0.1) is 62.3 Å². The zero-order chi connectivity index (χ0) is 36.4. The van der Waals surface area contributed by atoms with E-state index in [1.54, 1.807) is 12.1 Å². The molecule has 0 aliphatic heterocycles. The summed E-state index contributed by atoms with van der Waals surface area (Å²) in [4.78, 5) is 47.8. The van der Waals surface area contributed by atoms with Crippen molar-refractivity contribution in [1.82, 2.24) is 10.6 Å². The molecule has 2 amide bonds. The summed E-state index contributed by atoms with van der Waals surface area (Å²) in [6, 6.07) is 15.4. The third-order valence-electron chi connectivity index (χ3n) is 10.9. The van der Waals surface area contributed by atoms with Gasteiger partial charge < -0.3 is 22.4 Å². The zero-order valence-electron chi connectivity index (χ0n) is 31.2. The van der Waals surface area contributed by atoms with E-state index in [2.05, 4.69) is 71.2 Å². The summed E-state index contributed by atoms with van der Waals surface area (Å²) in [7, 11) is 0. The summed E-state index contributed by atoms with van der Waals surface area (Å²) >= 11 is 0. The molecule has 0 saturated carbocycles. The van der Waals surface area contributed by atoms with Gasteiger partial charge in [0.25, 0.3) is 0 Å². The van der Waals surface area contributed by atoms with E-state index >= 15 is 0 Å². The van der Waals surface area contributed by atoms with Crippen LogP contribution in [0.15, 0.2) is 58.1 Å². The average Bonchev–Trinajstić information content (AvgIpc) is 3.46. The predicted molar refractivity (Wildman–Crippen MR) is 203 cm³/mol. The number of nitrogens with one attached hydrogen (secondary N) is 2. The van der Waals surface area contributed by atoms with E-state index < -0.39 is 0 Å². The van der Waals surface area contributed by atoms with Crippen molar-refractivity contribution >= 4 is 12.3 Å². The SMILES string of the molecule is Cc1cc2c(c(C)c1C)-c1ccc(C)c(=O)cc1[C@@H](N[C-]=O)CC2.[CH2-]CC(=O)NC1CCc2cc(C)c(C)c(C)c2-c2ccc(C)c(=O)cc21.[Y]. The quantitative estimate of drug-likeness (QED) is 0.164. The third kappa shape index (κ3) is 8.18. The van der Waals surface area contributed by atoms with Crippen LogP contribution < -0.4 is 21.5 Å². The second kappa shape index (κ2) is 16.7. The molecular formula is C44H48N2O4Y-2. The maximum atomic E-state index is 12.5. The topological polar surface area (TPSA) is 92.3 Å². The van der Waals surface area contributed by atoms with Gasteiger partial charge in [0.1, 0.15) is 0 Å². The molecular weight excluding hydrogens is 709 g/mol. The van der Waals surface area contributed by atoms with Crippen LogP contribution >= 0.6 is 0 Å². The molecule has 1 radical (unpaired) electrons. The second-order valence-electron chi connectivity index (χ2n) is 14.0. The largest absolute Gasteiger partial charge is 0.524 e. The van der Waals surface area contributed by atoms with E-state index in [0.29, 0.717) is 11.1 Å². The number of hydrogen-bond acceptors (Lipinski definition) is 4. The van der Waals surface area contributed by atoms with Crippen LogP contribution in [0.5, 0.6) is 0 Å². The average molecular weight is 758 g/mol. The van der Waals surface area contributed by atoms with Crippen molar-refractivity contribution in [2.75, 3.05) is 0 Å². The van der Waals surface area contributed by atoms with Crippen LogP contribution in [0.1, 0.15) is 98.1 Å². The Hall–Kier alpha value is -3.74. The standard InChI is InChI=1S/C23H26NO2.C21H22NO2.Y/c1-6-22(26)24-20-10-8-17-11-14(3)15(4)16(5)23(17)18-9-7-13(2)21(25)12-19(18)20;1-12-5-7-17-18(10-20(12)24)19(22-11-23)8-6-16-9-13(2)14(3)15(4)21(16)17;/h7,9,11-12,20H,1,6,8,10H2,2-5H3,(H,24,26);5,7,9-10,19H,6,8H2,1-4H3,(H,22,23);/q2*-1;/t;19-;/m.0./s1. The number of hydrogen-bond donors (Lipinski definition) is 2.